The third-order valence-corrected chi connectivity index (χ3v) is 5.89. The number of carbonyl (C=O) groups excluding carboxylic acids is 2. The Labute approximate surface area is 155 Å². The minimum absolute atomic E-state index is 0.0588. The first-order valence-corrected chi connectivity index (χ1v) is 9.87. The second-order valence-electron chi connectivity index (χ2n) is 6.62. The van der Waals surface area contributed by atoms with Crippen molar-refractivity contribution in [3.8, 4) is 0 Å². The summed E-state index contributed by atoms with van der Waals surface area (Å²) in [5, 5.41) is 5.91. The molecule has 0 bridgehead atoms. The molecule has 3 heterocycles. The van der Waals surface area contributed by atoms with Crippen LogP contribution in [-0.2, 0) is 17.8 Å². The number of amides is 2. The molecule has 0 saturated carbocycles. The Balaban J connectivity index is 1.97. The van der Waals surface area contributed by atoms with Crippen LogP contribution in [0, 0.1) is 6.92 Å². The summed E-state index contributed by atoms with van der Waals surface area (Å²) in [5.74, 6) is 0.234. The number of carbonyl (C=O) groups is 2. The van der Waals surface area contributed by atoms with Crippen molar-refractivity contribution in [1.29, 1.82) is 0 Å². The normalized spacial score (nSPS) is 15.2. The van der Waals surface area contributed by atoms with Gasteiger partial charge in [-0.3, -0.25) is 19.0 Å². The van der Waals surface area contributed by atoms with Crippen molar-refractivity contribution in [2.75, 3.05) is 6.54 Å². The van der Waals surface area contributed by atoms with Crippen molar-refractivity contribution in [2.24, 2.45) is 0 Å². The summed E-state index contributed by atoms with van der Waals surface area (Å²) in [7, 11) is 0. The molecule has 8 heteroatoms. The number of hydrogen-bond acceptors (Lipinski definition) is 5. The van der Waals surface area contributed by atoms with Crippen LogP contribution in [0.4, 0.5) is 0 Å². The second kappa shape index (κ2) is 7.57. The molecular weight excluding hydrogens is 352 g/mol. The number of nitrogens with one attached hydrogen (secondary N) is 2. The first-order valence-electron chi connectivity index (χ1n) is 9.05. The zero-order chi connectivity index (χ0) is 18.8. The Morgan fingerprint density at radius 3 is 2.81 bits per heavy atom. The van der Waals surface area contributed by atoms with Gasteiger partial charge in [-0.25, -0.2) is 4.98 Å². The molecule has 2 aromatic rings. The highest BCUT2D eigenvalue weighted by Crippen LogP contribution is 2.28. The average Bonchev–Trinajstić information content (AvgIpc) is 2.78. The lowest BCUT2D eigenvalue weighted by atomic mass is 10.2. The van der Waals surface area contributed by atoms with E-state index in [1.807, 2.05) is 6.92 Å². The van der Waals surface area contributed by atoms with Gasteiger partial charge >= 0.3 is 0 Å². The van der Waals surface area contributed by atoms with Gasteiger partial charge in [0.25, 0.3) is 11.5 Å². The summed E-state index contributed by atoms with van der Waals surface area (Å²) in [6.45, 7) is 6.43. The van der Waals surface area contributed by atoms with Gasteiger partial charge in [0.2, 0.25) is 5.91 Å². The molecule has 2 aromatic heterocycles. The maximum absolute atomic E-state index is 12.9. The SMILES string of the molecule is CCNC(=O)[C@H](C)NC(=O)c1sc2nc3n(c(=O)c2c1C)CCCCC3. The van der Waals surface area contributed by atoms with E-state index in [1.54, 1.807) is 18.4 Å². The van der Waals surface area contributed by atoms with E-state index < -0.39 is 6.04 Å². The van der Waals surface area contributed by atoms with Crippen molar-refractivity contribution in [3.63, 3.8) is 0 Å². The Morgan fingerprint density at radius 1 is 1.31 bits per heavy atom. The van der Waals surface area contributed by atoms with Gasteiger partial charge in [-0.1, -0.05) is 6.42 Å². The van der Waals surface area contributed by atoms with Crippen LogP contribution < -0.4 is 16.2 Å². The van der Waals surface area contributed by atoms with Crippen molar-refractivity contribution < 1.29 is 9.59 Å². The summed E-state index contributed by atoms with van der Waals surface area (Å²) in [5.41, 5.74) is 0.583. The van der Waals surface area contributed by atoms with Crippen LogP contribution in [-0.4, -0.2) is 34.0 Å². The van der Waals surface area contributed by atoms with E-state index in [0.717, 1.165) is 31.5 Å². The molecule has 0 spiro atoms. The van der Waals surface area contributed by atoms with Gasteiger partial charge in [-0.05, 0) is 39.2 Å². The van der Waals surface area contributed by atoms with Crippen LogP contribution in [0.2, 0.25) is 0 Å². The molecule has 26 heavy (non-hydrogen) atoms. The maximum Gasteiger partial charge on any atom is 0.262 e. The molecule has 2 amide bonds. The minimum atomic E-state index is -0.641. The number of aryl methyl sites for hydroxylation is 2. The third-order valence-electron chi connectivity index (χ3n) is 4.71. The Kier molecular flexibility index (Phi) is 5.41. The molecule has 3 rings (SSSR count). The van der Waals surface area contributed by atoms with Crippen molar-refractivity contribution in [1.82, 2.24) is 20.2 Å². The zero-order valence-electron chi connectivity index (χ0n) is 15.3. The van der Waals surface area contributed by atoms with Crippen LogP contribution in [0.3, 0.4) is 0 Å². The van der Waals surface area contributed by atoms with E-state index in [-0.39, 0.29) is 17.4 Å². The number of nitrogens with zero attached hydrogens (tertiary/aromatic N) is 2. The van der Waals surface area contributed by atoms with Gasteiger partial charge in [0.05, 0.1) is 10.3 Å². The fourth-order valence-corrected chi connectivity index (χ4v) is 4.38. The largest absolute Gasteiger partial charge is 0.355 e. The summed E-state index contributed by atoms with van der Waals surface area (Å²) in [6.07, 6.45) is 3.89. The highest BCUT2D eigenvalue weighted by molar-refractivity contribution is 7.20. The lowest BCUT2D eigenvalue weighted by Gasteiger charge is -2.12. The monoisotopic (exact) mass is 376 g/mol. The van der Waals surface area contributed by atoms with E-state index in [9.17, 15) is 14.4 Å². The molecule has 0 saturated heterocycles. The van der Waals surface area contributed by atoms with Crippen molar-refractivity contribution in [3.05, 3.63) is 26.6 Å². The molecule has 1 aliphatic rings. The molecule has 0 unspecified atom stereocenters. The molecule has 0 radical (unpaired) electrons. The van der Waals surface area contributed by atoms with Crippen LogP contribution in [0.5, 0.6) is 0 Å². The fourth-order valence-electron chi connectivity index (χ4n) is 3.28. The third kappa shape index (κ3) is 3.38. The Hall–Kier alpha value is -2.22. The first kappa shape index (κ1) is 18.6. The van der Waals surface area contributed by atoms with Gasteiger partial charge < -0.3 is 10.6 Å². The smallest absolute Gasteiger partial charge is 0.262 e. The van der Waals surface area contributed by atoms with E-state index >= 15 is 0 Å². The lowest BCUT2D eigenvalue weighted by molar-refractivity contribution is -0.122. The van der Waals surface area contributed by atoms with Gasteiger partial charge in [0, 0.05) is 19.5 Å². The molecule has 0 aliphatic carbocycles. The molecular formula is C18H24N4O3S. The molecule has 0 aromatic carbocycles. The number of rotatable bonds is 4. The predicted molar refractivity (Wildman–Crippen MR) is 102 cm³/mol. The summed E-state index contributed by atoms with van der Waals surface area (Å²) >= 11 is 1.22. The van der Waals surface area contributed by atoms with Crippen molar-refractivity contribution >= 4 is 33.4 Å². The number of thiophene rings is 1. The molecule has 1 atom stereocenters. The van der Waals surface area contributed by atoms with Crippen LogP contribution in [0.25, 0.3) is 10.2 Å². The van der Waals surface area contributed by atoms with E-state index in [0.29, 0.717) is 33.7 Å². The highest BCUT2D eigenvalue weighted by atomic mass is 32.1. The predicted octanol–water partition coefficient (Wildman–Crippen LogP) is 1.75. The fraction of sp³-hybridized carbons (Fsp3) is 0.556. The molecule has 7 nitrogen and oxygen atoms in total. The molecule has 140 valence electrons. The number of aromatic nitrogens is 2. The summed E-state index contributed by atoms with van der Waals surface area (Å²) in [4.78, 5) is 43.1. The standard InChI is InChI=1S/C18H24N4O3S/c1-4-19-15(23)11(3)20-16(24)14-10(2)13-17(26-14)21-12-8-6-5-7-9-22(12)18(13)25/h11H,4-9H2,1-3H3,(H,19,23)(H,20,24)/t11-/m0/s1. The zero-order valence-corrected chi connectivity index (χ0v) is 16.2. The van der Waals surface area contributed by atoms with Crippen LogP contribution in [0.15, 0.2) is 4.79 Å². The number of likely N-dealkylation sites (N-methyl/N-ethyl adjacent to an activating group) is 1. The molecule has 0 fully saturated rings. The molecule has 2 N–H and O–H groups in total. The quantitative estimate of drug-likeness (QED) is 0.850. The summed E-state index contributed by atoms with van der Waals surface area (Å²) < 4.78 is 1.76. The first-order chi connectivity index (χ1) is 12.4. The van der Waals surface area contributed by atoms with Gasteiger partial charge in [0.15, 0.2) is 0 Å². The van der Waals surface area contributed by atoms with Gasteiger partial charge in [-0.15, -0.1) is 11.3 Å². The summed E-state index contributed by atoms with van der Waals surface area (Å²) in [6, 6.07) is -0.641. The van der Waals surface area contributed by atoms with E-state index in [2.05, 4.69) is 15.6 Å². The van der Waals surface area contributed by atoms with Crippen molar-refractivity contribution in [2.45, 2.75) is 59.0 Å². The highest BCUT2D eigenvalue weighted by Gasteiger charge is 2.24. The van der Waals surface area contributed by atoms with Crippen LogP contribution >= 0.6 is 11.3 Å². The lowest BCUT2D eigenvalue weighted by Crippen LogP contribution is -2.44. The van der Waals surface area contributed by atoms with Gasteiger partial charge in [0.1, 0.15) is 16.7 Å². The molecule has 1 aliphatic heterocycles. The Morgan fingerprint density at radius 2 is 2.08 bits per heavy atom. The maximum atomic E-state index is 12.9. The number of hydrogen-bond donors (Lipinski definition) is 2. The van der Waals surface area contributed by atoms with Crippen LogP contribution in [0.1, 0.15) is 54.2 Å². The number of fused-ring (bicyclic) bond motifs is 2. The average molecular weight is 376 g/mol. The van der Waals surface area contributed by atoms with Gasteiger partial charge in [-0.2, -0.15) is 0 Å². The second-order valence-corrected chi connectivity index (χ2v) is 7.62. The topological polar surface area (TPSA) is 93.1 Å². The van der Waals surface area contributed by atoms with E-state index in [1.165, 1.54) is 11.3 Å². The van der Waals surface area contributed by atoms with E-state index in [4.69, 9.17) is 0 Å². The minimum Gasteiger partial charge on any atom is -0.355 e. The Bertz CT molecular complexity index is 915.